The fourth-order valence-corrected chi connectivity index (χ4v) is 2.42. The molecule has 1 aromatic heterocycles. The van der Waals surface area contributed by atoms with Crippen molar-refractivity contribution >= 4 is 29.3 Å². The summed E-state index contributed by atoms with van der Waals surface area (Å²) in [4.78, 5) is 23.1. The normalized spacial score (nSPS) is 10.4. The monoisotopic (exact) mass is 388 g/mol. The van der Waals surface area contributed by atoms with Gasteiger partial charge in [0.25, 0.3) is 0 Å². The van der Waals surface area contributed by atoms with Crippen molar-refractivity contribution in [3.05, 3.63) is 53.2 Å². The average Bonchev–Trinajstić information content (AvgIpc) is 3.06. The molecule has 10 heteroatoms. The number of benzene rings is 2. The highest BCUT2D eigenvalue weighted by molar-refractivity contribution is 6.32. The number of nitrogens with two attached hydrogens (primary N) is 1. The predicted octanol–water partition coefficient (Wildman–Crippen LogP) is 2.85. The van der Waals surface area contributed by atoms with Crippen molar-refractivity contribution in [1.82, 2.24) is 10.2 Å². The molecule has 0 atom stereocenters. The van der Waals surface area contributed by atoms with Crippen molar-refractivity contribution < 1.29 is 24.5 Å². The largest absolute Gasteiger partial charge is 0.507 e. The molecule has 0 fully saturated rings. The number of phenolic OH excluding ortho intramolecular Hbond substituents is 2. The van der Waals surface area contributed by atoms with Crippen LogP contribution < -0.4 is 15.8 Å². The Kier molecular flexibility index (Phi) is 4.86. The third-order valence-electron chi connectivity index (χ3n) is 3.56. The molecule has 0 saturated carbocycles. The molecular formula is C17H13ClN4O5. The number of amides is 2. The van der Waals surface area contributed by atoms with Crippen LogP contribution >= 0.6 is 11.6 Å². The number of anilines is 1. The third kappa shape index (κ3) is 3.93. The highest BCUT2D eigenvalue weighted by atomic mass is 35.5. The van der Waals surface area contributed by atoms with Crippen LogP contribution in [-0.4, -0.2) is 32.4 Å². The number of nitrogens with one attached hydrogen (secondary N) is 2. The minimum absolute atomic E-state index is 0.00217. The molecule has 0 spiro atoms. The zero-order valence-electron chi connectivity index (χ0n) is 13.6. The number of halogens is 1. The Balaban J connectivity index is 1.77. The maximum absolute atomic E-state index is 12.1. The number of H-pyrrole nitrogens is 1. The van der Waals surface area contributed by atoms with Crippen LogP contribution in [0, 0.1) is 0 Å². The molecule has 0 aliphatic rings. The molecule has 0 aliphatic carbocycles. The maximum Gasteiger partial charge on any atom is 0.417 e. The summed E-state index contributed by atoms with van der Waals surface area (Å²) in [5, 5.41) is 28.4. The number of aromatic amines is 1. The molecule has 2 amide bonds. The Hall–Kier alpha value is -3.72. The van der Waals surface area contributed by atoms with Gasteiger partial charge in [-0.1, -0.05) is 11.6 Å². The molecule has 27 heavy (non-hydrogen) atoms. The van der Waals surface area contributed by atoms with Crippen LogP contribution in [-0.2, 0) is 0 Å². The summed E-state index contributed by atoms with van der Waals surface area (Å²) in [6.45, 7) is 0. The van der Waals surface area contributed by atoms with E-state index in [1.807, 2.05) is 0 Å². The SMILES string of the molecule is NC(=O)c1ccc(NC(=O)Oc2cn[nH]c2-c2cc(Cl)c(O)cc2O)cc1. The zero-order valence-corrected chi connectivity index (χ0v) is 14.3. The van der Waals surface area contributed by atoms with E-state index in [0.717, 1.165) is 6.07 Å². The van der Waals surface area contributed by atoms with Gasteiger partial charge in [0.2, 0.25) is 5.91 Å². The second-order valence-corrected chi connectivity index (χ2v) is 5.79. The van der Waals surface area contributed by atoms with E-state index in [0.29, 0.717) is 11.3 Å². The van der Waals surface area contributed by atoms with E-state index < -0.39 is 12.0 Å². The van der Waals surface area contributed by atoms with Crippen molar-refractivity contribution in [2.45, 2.75) is 0 Å². The fourth-order valence-electron chi connectivity index (χ4n) is 2.26. The first-order chi connectivity index (χ1) is 12.8. The van der Waals surface area contributed by atoms with E-state index in [9.17, 15) is 19.8 Å². The Bertz CT molecular complexity index is 1020. The van der Waals surface area contributed by atoms with E-state index in [1.54, 1.807) is 0 Å². The maximum atomic E-state index is 12.1. The second-order valence-electron chi connectivity index (χ2n) is 5.39. The van der Waals surface area contributed by atoms with Crippen molar-refractivity contribution in [3.63, 3.8) is 0 Å². The van der Waals surface area contributed by atoms with E-state index >= 15 is 0 Å². The van der Waals surface area contributed by atoms with E-state index in [4.69, 9.17) is 22.1 Å². The van der Waals surface area contributed by atoms with Gasteiger partial charge in [0.1, 0.15) is 17.2 Å². The number of nitrogens with zero attached hydrogens (tertiary/aromatic N) is 1. The minimum atomic E-state index is -0.825. The lowest BCUT2D eigenvalue weighted by atomic mass is 10.1. The first-order valence-electron chi connectivity index (χ1n) is 7.49. The van der Waals surface area contributed by atoms with E-state index in [1.165, 1.54) is 36.5 Å². The van der Waals surface area contributed by atoms with Crippen LogP contribution in [0.2, 0.25) is 5.02 Å². The Labute approximate surface area is 157 Å². The second kappa shape index (κ2) is 7.26. The number of rotatable bonds is 4. The van der Waals surface area contributed by atoms with Gasteiger partial charge in [-0.15, -0.1) is 0 Å². The molecule has 3 rings (SSSR count). The van der Waals surface area contributed by atoms with Gasteiger partial charge in [0.15, 0.2) is 5.75 Å². The molecule has 0 radical (unpaired) electrons. The van der Waals surface area contributed by atoms with Crippen molar-refractivity contribution in [2.75, 3.05) is 5.32 Å². The fraction of sp³-hybridized carbons (Fsp3) is 0. The Morgan fingerprint density at radius 2 is 1.85 bits per heavy atom. The molecule has 2 aromatic carbocycles. The standard InChI is InChI=1S/C17H13ClN4O5/c18-11-5-10(12(23)6-13(11)24)15-14(7-20-22-15)27-17(26)21-9-3-1-8(2-4-9)16(19)25/h1-7,23-24H,(H2,19,25)(H,20,22)(H,21,26). The van der Waals surface area contributed by atoms with E-state index in [-0.39, 0.29) is 33.5 Å². The van der Waals surface area contributed by atoms with Crippen LogP contribution in [0.3, 0.4) is 0 Å². The number of phenols is 2. The lowest BCUT2D eigenvalue weighted by molar-refractivity contribution is 0.1000. The highest BCUT2D eigenvalue weighted by Crippen LogP contribution is 2.39. The highest BCUT2D eigenvalue weighted by Gasteiger charge is 2.18. The lowest BCUT2D eigenvalue weighted by Crippen LogP contribution is -2.17. The summed E-state index contributed by atoms with van der Waals surface area (Å²) in [5.41, 5.74) is 6.20. The zero-order chi connectivity index (χ0) is 19.6. The number of aromatic nitrogens is 2. The lowest BCUT2D eigenvalue weighted by Gasteiger charge is -2.09. The topological polar surface area (TPSA) is 151 Å². The summed E-state index contributed by atoms with van der Waals surface area (Å²) in [7, 11) is 0. The number of hydrogen-bond acceptors (Lipinski definition) is 6. The number of carbonyl (C=O) groups excluding carboxylic acids is 2. The number of primary amides is 1. The van der Waals surface area contributed by atoms with Crippen molar-refractivity contribution in [2.24, 2.45) is 5.73 Å². The summed E-state index contributed by atoms with van der Waals surface area (Å²) in [6.07, 6.45) is 0.416. The first-order valence-corrected chi connectivity index (χ1v) is 7.87. The molecule has 138 valence electrons. The van der Waals surface area contributed by atoms with Crippen molar-refractivity contribution in [1.29, 1.82) is 0 Å². The van der Waals surface area contributed by atoms with Gasteiger partial charge in [-0.05, 0) is 30.3 Å². The number of aromatic hydroxyl groups is 2. The molecule has 0 bridgehead atoms. The molecule has 0 saturated heterocycles. The van der Waals surface area contributed by atoms with Gasteiger partial charge < -0.3 is 20.7 Å². The molecule has 1 heterocycles. The van der Waals surface area contributed by atoms with Gasteiger partial charge in [-0.25, -0.2) is 4.79 Å². The molecule has 6 N–H and O–H groups in total. The number of ether oxygens (including phenoxy) is 1. The van der Waals surface area contributed by atoms with Gasteiger partial charge >= 0.3 is 6.09 Å². The van der Waals surface area contributed by atoms with E-state index in [2.05, 4.69) is 15.5 Å². The number of carbonyl (C=O) groups is 2. The Morgan fingerprint density at radius 3 is 2.52 bits per heavy atom. The van der Waals surface area contributed by atoms with Crippen LogP contribution in [0.1, 0.15) is 10.4 Å². The predicted molar refractivity (Wildman–Crippen MR) is 97.0 cm³/mol. The first kappa shape index (κ1) is 18.1. The van der Waals surface area contributed by atoms with Gasteiger partial charge in [0.05, 0.1) is 11.2 Å². The summed E-state index contributed by atoms with van der Waals surface area (Å²) in [5.74, 6) is -1.14. The minimum Gasteiger partial charge on any atom is -0.507 e. The smallest absolute Gasteiger partial charge is 0.417 e. The Morgan fingerprint density at radius 1 is 1.15 bits per heavy atom. The van der Waals surface area contributed by atoms with Gasteiger partial charge in [0, 0.05) is 22.9 Å². The van der Waals surface area contributed by atoms with Crippen LogP contribution in [0.5, 0.6) is 17.2 Å². The van der Waals surface area contributed by atoms with Crippen molar-refractivity contribution in [3.8, 4) is 28.5 Å². The van der Waals surface area contributed by atoms with Gasteiger partial charge in [-0.2, -0.15) is 5.10 Å². The van der Waals surface area contributed by atoms with Crippen LogP contribution in [0.4, 0.5) is 10.5 Å². The van der Waals surface area contributed by atoms with Crippen LogP contribution in [0.25, 0.3) is 11.3 Å². The summed E-state index contributed by atoms with van der Waals surface area (Å²) < 4.78 is 5.19. The number of hydrogen-bond donors (Lipinski definition) is 5. The molecule has 3 aromatic rings. The molecule has 0 unspecified atom stereocenters. The summed E-state index contributed by atoms with van der Waals surface area (Å²) in [6, 6.07) is 8.25. The molecule has 0 aliphatic heterocycles. The summed E-state index contributed by atoms with van der Waals surface area (Å²) >= 11 is 5.85. The van der Waals surface area contributed by atoms with Gasteiger partial charge in [-0.3, -0.25) is 15.2 Å². The molecular weight excluding hydrogens is 376 g/mol. The molecule has 9 nitrogen and oxygen atoms in total. The average molecular weight is 389 g/mol. The quantitative estimate of drug-likeness (QED) is 0.463. The third-order valence-corrected chi connectivity index (χ3v) is 3.86. The van der Waals surface area contributed by atoms with Crippen LogP contribution in [0.15, 0.2) is 42.6 Å².